The summed E-state index contributed by atoms with van der Waals surface area (Å²) in [5.74, 6) is -5.65. The number of Topliss-reactive ketones (excluding diaryl/α,β-unsaturated/α-hetero) is 2. The molecule has 0 fully saturated rings. The van der Waals surface area contributed by atoms with Gasteiger partial charge in [-0.3, -0.25) is 24.2 Å². The summed E-state index contributed by atoms with van der Waals surface area (Å²) >= 11 is 0. The summed E-state index contributed by atoms with van der Waals surface area (Å²) in [4.78, 5) is 43.7. The van der Waals surface area contributed by atoms with E-state index >= 15 is 0 Å². The number of primary amides is 1. The molecule has 9 nitrogen and oxygen atoms in total. The molecule has 6 atom stereocenters. The van der Waals surface area contributed by atoms with E-state index in [1.807, 2.05) is 18.2 Å². The van der Waals surface area contributed by atoms with E-state index < -0.39 is 58.4 Å². The van der Waals surface area contributed by atoms with Crippen molar-refractivity contribution in [3.8, 4) is 16.9 Å². The maximum Gasteiger partial charge on any atom is 0.255 e. The van der Waals surface area contributed by atoms with E-state index in [4.69, 9.17) is 5.73 Å². The van der Waals surface area contributed by atoms with Gasteiger partial charge in [0.1, 0.15) is 22.8 Å². The Morgan fingerprint density at radius 2 is 1.72 bits per heavy atom. The number of amides is 1. The molecule has 0 bridgehead atoms. The summed E-state index contributed by atoms with van der Waals surface area (Å²) in [5, 5.41) is 33.4. The zero-order valence-corrected chi connectivity index (χ0v) is 24.7. The van der Waals surface area contributed by atoms with Crippen molar-refractivity contribution in [2.75, 3.05) is 14.1 Å². The van der Waals surface area contributed by atoms with Crippen molar-refractivity contribution in [1.29, 1.82) is 0 Å². The van der Waals surface area contributed by atoms with Crippen LogP contribution in [0.5, 0.6) is 5.75 Å². The molecule has 0 aromatic heterocycles. The predicted molar refractivity (Wildman–Crippen MR) is 161 cm³/mol. The van der Waals surface area contributed by atoms with Crippen LogP contribution in [-0.4, -0.2) is 74.8 Å². The second-order valence-corrected chi connectivity index (χ2v) is 12.5. The number of nitrogens with two attached hydrogens (primary N) is 1. The summed E-state index contributed by atoms with van der Waals surface area (Å²) in [6.45, 7) is 5.11. The van der Waals surface area contributed by atoms with E-state index in [1.165, 1.54) is 6.07 Å². The van der Waals surface area contributed by atoms with Gasteiger partial charge in [-0.25, -0.2) is 0 Å². The highest BCUT2D eigenvalue weighted by atomic mass is 16.3. The highest BCUT2D eigenvalue weighted by Crippen LogP contribution is 2.51. The van der Waals surface area contributed by atoms with Crippen LogP contribution in [0.15, 0.2) is 71.2 Å². The second kappa shape index (κ2) is 10.5. The van der Waals surface area contributed by atoms with Crippen molar-refractivity contribution in [3.63, 3.8) is 0 Å². The molecule has 224 valence electrons. The zero-order valence-electron chi connectivity index (χ0n) is 24.7. The van der Waals surface area contributed by atoms with Gasteiger partial charge in [-0.1, -0.05) is 36.4 Å². The Bertz CT molecular complexity index is 1640. The fourth-order valence-corrected chi connectivity index (χ4v) is 7.79. The first-order valence-corrected chi connectivity index (χ1v) is 14.7. The first kappa shape index (κ1) is 28.9. The minimum absolute atomic E-state index is 0.0792. The molecule has 1 aliphatic heterocycles. The number of phenols is 1. The Kier molecular flexibility index (Phi) is 7.06. The minimum Gasteiger partial charge on any atom is -0.511 e. The van der Waals surface area contributed by atoms with E-state index in [0.29, 0.717) is 30.5 Å². The van der Waals surface area contributed by atoms with Crippen LogP contribution in [0.1, 0.15) is 41.8 Å². The van der Waals surface area contributed by atoms with E-state index in [0.717, 1.165) is 23.2 Å². The lowest BCUT2D eigenvalue weighted by Crippen LogP contribution is -2.53. The zero-order chi connectivity index (χ0) is 30.9. The summed E-state index contributed by atoms with van der Waals surface area (Å²) in [6.07, 6.45) is 5.07. The third-order valence-corrected chi connectivity index (χ3v) is 9.77. The number of benzene rings is 2. The van der Waals surface area contributed by atoms with Crippen LogP contribution in [0.25, 0.3) is 11.1 Å². The van der Waals surface area contributed by atoms with Crippen LogP contribution in [0.4, 0.5) is 0 Å². The summed E-state index contributed by atoms with van der Waals surface area (Å²) in [6, 6.07) is 11.4. The SMILES string of the molecule is CC1C=CC(C)N1Cc1cccc(-c2ccc(O)c3c2CC2CC4C(C(=O)C(C(N)=O)=C(O)[C@H]4N(C)C)C(O)=C2C3=O)c1. The summed E-state index contributed by atoms with van der Waals surface area (Å²) in [5.41, 5.74) is 8.67. The molecule has 0 radical (unpaired) electrons. The van der Waals surface area contributed by atoms with Gasteiger partial charge in [-0.2, -0.15) is 0 Å². The van der Waals surface area contributed by atoms with Gasteiger partial charge >= 0.3 is 0 Å². The van der Waals surface area contributed by atoms with Crippen molar-refractivity contribution < 1.29 is 29.7 Å². The van der Waals surface area contributed by atoms with Crippen LogP contribution < -0.4 is 5.73 Å². The van der Waals surface area contributed by atoms with Crippen LogP contribution in [-0.2, 0) is 22.6 Å². The van der Waals surface area contributed by atoms with E-state index in [-0.39, 0.29) is 16.9 Å². The Balaban J connectivity index is 1.42. The maximum atomic E-state index is 14.0. The molecular formula is C34H37N3O6. The largest absolute Gasteiger partial charge is 0.511 e. The highest BCUT2D eigenvalue weighted by molar-refractivity contribution is 6.22. The van der Waals surface area contributed by atoms with E-state index in [2.05, 4.69) is 43.0 Å². The van der Waals surface area contributed by atoms with Crippen LogP contribution >= 0.6 is 0 Å². The number of ketones is 2. The van der Waals surface area contributed by atoms with Gasteiger partial charge < -0.3 is 21.1 Å². The predicted octanol–water partition coefficient (Wildman–Crippen LogP) is 3.82. The number of hydrogen-bond donors (Lipinski definition) is 4. The topological polar surface area (TPSA) is 144 Å². The van der Waals surface area contributed by atoms with Crippen molar-refractivity contribution >= 4 is 17.5 Å². The van der Waals surface area contributed by atoms with Crippen molar-refractivity contribution in [2.45, 2.75) is 51.4 Å². The van der Waals surface area contributed by atoms with Gasteiger partial charge in [-0.05, 0) is 87.0 Å². The molecule has 3 aliphatic carbocycles. The second-order valence-electron chi connectivity index (χ2n) is 12.5. The number of aromatic hydroxyl groups is 1. The number of aliphatic hydroxyl groups is 2. The molecule has 6 rings (SSSR count). The molecule has 43 heavy (non-hydrogen) atoms. The number of allylic oxidation sites excluding steroid dienone is 2. The standard InChI is InChI=1S/C34H37N3O6/c1-16-8-9-17(2)37(16)15-18-6-5-7-19(12-18)21-10-11-24(38)26-22(21)13-20-14-23-27(31(40)25(20)30(26)39)32(41)28(34(35)43)33(42)29(23)36(3)4/h5-12,16-17,20,23,27,29,38,40,42H,13-15H2,1-4H3,(H2,35,43)/t16?,17?,20?,23?,27?,29-/m0/s1. The Hall–Kier alpha value is -4.21. The van der Waals surface area contributed by atoms with Gasteiger partial charge in [0.05, 0.1) is 17.5 Å². The molecule has 4 aliphatic rings. The average Bonchev–Trinajstić information content (AvgIpc) is 3.24. The molecule has 0 saturated heterocycles. The molecular weight excluding hydrogens is 546 g/mol. The van der Waals surface area contributed by atoms with Crippen molar-refractivity contribution in [1.82, 2.24) is 9.80 Å². The normalized spacial score (nSPS) is 28.8. The molecule has 9 heteroatoms. The number of hydrogen-bond acceptors (Lipinski definition) is 8. The molecule has 0 saturated carbocycles. The Morgan fingerprint density at radius 1 is 1.02 bits per heavy atom. The fourth-order valence-electron chi connectivity index (χ4n) is 7.79. The molecule has 1 amide bonds. The van der Waals surface area contributed by atoms with Gasteiger partial charge in [0.2, 0.25) is 0 Å². The van der Waals surface area contributed by atoms with Crippen LogP contribution in [0.3, 0.4) is 0 Å². The number of carbonyl (C=O) groups is 3. The van der Waals surface area contributed by atoms with Gasteiger partial charge in [-0.15, -0.1) is 0 Å². The Morgan fingerprint density at radius 3 is 2.37 bits per heavy atom. The fraction of sp³-hybridized carbons (Fsp3) is 0.382. The summed E-state index contributed by atoms with van der Waals surface area (Å²) < 4.78 is 0. The number of aliphatic hydroxyl groups excluding tert-OH is 2. The average molecular weight is 584 g/mol. The van der Waals surface area contributed by atoms with Crippen LogP contribution in [0, 0.1) is 17.8 Å². The first-order valence-electron chi connectivity index (χ1n) is 14.7. The number of nitrogens with zero attached hydrogens (tertiary/aromatic N) is 2. The molecule has 5 N–H and O–H groups in total. The number of carbonyl (C=O) groups excluding carboxylic acids is 3. The number of fused-ring (bicyclic) bond motifs is 3. The lowest BCUT2D eigenvalue weighted by molar-refractivity contribution is -0.127. The number of rotatable bonds is 5. The van der Waals surface area contributed by atoms with Crippen molar-refractivity contribution in [3.05, 3.63) is 87.9 Å². The number of likely N-dealkylation sites (N-methyl/N-ethyl adjacent to an activating group) is 1. The third-order valence-electron chi connectivity index (χ3n) is 9.77. The molecule has 5 unspecified atom stereocenters. The van der Waals surface area contributed by atoms with Crippen molar-refractivity contribution in [2.24, 2.45) is 23.5 Å². The molecule has 2 aromatic rings. The van der Waals surface area contributed by atoms with E-state index in [1.54, 1.807) is 19.0 Å². The van der Waals surface area contributed by atoms with Gasteiger partial charge in [0.15, 0.2) is 11.6 Å². The minimum atomic E-state index is -1.20. The first-order chi connectivity index (χ1) is 20.4. The maximum absolute atomic E-state index is 14.0. The molecule has 1 heterocycles. The van der Waals surface area contributed by atoms with E-state index in [9.17, 15) is 29.7 Å². The lowest BCUT2D eigenvalue weighted by atomic mass is 9.60. The highest BCUT2D eigenvalue weighted by Gasteiger charge is 2.54. The molecule has 0 spiro atoms. The smallest absolute Gasteiger partial charge is 0.255 e. The van der Waals surface area contributed by atoms with Gasteiger partial charge in [0, 0.05) is 24.2 Å². The number of phenolic OH excluding ortho intramolecular Hbond substituents is 1. The monoisotopic (exact) mass is 583 g/mol. The quantitative estimate of drug-likeness (QED) is 0.307. The summed E-state index contributed by atoms with van der Waals surface area (Å²) in [7, 11) is 3.43. The lowest BCUT2D eigenvalue weighted by Gasteiger charge is -2.46. The Labute approximate surface area is 250 Å². The van der Waals surface area contributed by atoms with Gasteiger partial charge in [0.25, 0.3) is 5.91 Å². The molecule has 2 aromatic carbocycles. The van der Waals surface area contributed by atoms with Crippen LogP contribution in [0.2, 0.25) is 0 Å². The third kappa shape index (κ3) is 4.49.